The Morgan fingerprint density at radius 1 is 1.13 bits per heavy atom. The van der Waals surface area contributed by atoms with E-state index in [0.29, 0.717) is 23.8 Å². The van der Waals surface area contributed by atoms with Gasteiger partial charge in [0.05, 0.1) is 12.2 Å². The Labute approximate surface area is 175 Å². The largest absolute Gasteiger partial charge is 0.350 e. The summed E-state index contributed by atoms with van der Waals surface area (Å²) in [4.78, 5) is 19.3. The van der Waals surface area contributed by atoms with Gasteiger partial charge in [-0.05, 0) is 61.4 Å². The van der Waals surface area contributed by atoms with E-state index in [1.54, 1.807) is 22.8 Å². The highest BCUT2D eigenvalue weighted by Crippen LogP contribution is 2.35. The second-order valence-electron chi connectivity index (χ2n) is 8.37. The predicted octanol–water partition coefficient (Wildman–Crippen LogP) is 4.13. The topological polar surface area (TPSA) is 62.5 Å². The molecule has 1 atom stereocenters. The maximum absolute atomic E-state index is 13.8. The van der Waals surface area contributed by atoms with Gasteiger partial charge >= 0.3 is 0 Å². The fourth-order valence-electron chi connectivity index (χ4n) is 4.82. The standard InChI is InChI=1S/C23H26FN5O/c24-18-8-3-7-17(13-18)19-9-4-12-28(19)22-11-10-21-25-15-20(29(21)27-22)23(30)26-14-16-5-1-2-6-16/h3,7-8,10-11,13,15-16,19H,1-2,4-6,9,12,14H2,(H,26,30). The minimum absolute atomic E-state index is 0.0776. The van der Waals surface area contributed by atoms with Gasteiger partial charge in [-0.3, -0.25) is 4.79 Å². The number of halogens is 1. The van der Waals surface area contributed by atoms with Crippen LogP contribution in [0.15, 0.2) is 42.6 Å². The molecule has 1 unspecified atom stereocenters. The van der Waals surface area contributed by atoms with Gasteiger partial charge in [0.25, 0.3) is 5.91 Å². The number of amides is 1. The second kappa shape index (κ2) is 8.05. The number of nitrogens with zero attached hydrogens (tertiary/aromatic N) is 4. The van der Waals surface area contributed by atoms with Crippen molar-refractivity contribution in [3.63, 3.8) is 0 Å². The van der Waals surface area contributed by atoms with Crippen LogP contribution in [0.25, 0.3) is 5.65 Å². The molecule has 0 spiro atoms. The van der Waals surface area contributed by atoms with Crippen LogP contribution in [-0.2, 0) is 0 Å². The molecule has 7 heteroatoms. The van der Waals surface area contributed by atoms with E-state index in [4.69, 9.17) is 5.10 Å². The van der Waals surface area contributed by atoms with E-state index in [-0.39, 0.29) is 17.8 Å². The number of fused-ring (bicyclic) bond motifs is 1. The molecule has 2 aromatic heterocycles. The molecule has 1 aliphatic carbocycles. The average Bonchev–Trinajstić information content (AvgIpc) is 3.52. The number of anilines is 1. The van der Waals surface area contributed by atoms with Crippen LogP contribution in [0, 0.1) is 11.7 Å². The molecule has 1 saturated carbocycles. The number of aromatic nitrogens is 3. The Morgan fingerprint density at radius 3 is 2.83 bits per heavy atom. The van der Waals surface area contributed by atoms with Crippen molar-refractivity contribution in [2.45, 2.75) is 44.6 Å². The highest BCUT2D eigenvalue weighted by Gasteiger charge is 2.28. The van der Waals surface area contributed by atoms with Gasteiger partial charge in [-0.1, -0.05) is 25.0 Å². The zero-order valence-electron chi connectivity index (χ0n) is 16.9. The molecule has 2 aliphatic rings. The van der Waals surface area contributed by atoms with Crippen molar-refractivity contribution >= 4 is 17.4 Å². The molecule has 0 radical (unpaired) electrons. The van der Waals surface area contributed by atoms with E-state index in [2.05, 4.69) is 15.2 Å². The van der Waals surface area contributed by atoms with E-state index in [1.807, 2.05) is 18.2 Å². The summed E-state index contributed by atoms with van der Waals surface area (Å²) in [5.74, 6) is 0.992. The van der Waals surface area contributed by atoms with Gasteiger partial charge in [-0.25, -0.2) is 13.9 Å². The Kier molecular flexibility index (Phi) is 5.11. The maximum atomic E-state index is 13.8. The molecule has 3 aromatic rings. The molecule has 156 valence electrons. The van der Waals surface area contributed by atoms with Crippen LogP contribution < -0.4 is 10.2 Å². The highest BCUT2D eigenvalue weighted by molar-refractivity contribution is 5.93. The van der Waals surface area contributed by atoms with Crippen molar-refractivity contribution in [2.75, 3.05) is 18.0 Å². The molecule has 5 rings (SSSR count). The molecular weight excluding hydrogens is 381 g/mol. The van der Waals surface area contributed by atoms with Crippen molar-refractivity contribution in [1.29, 1.82) is 0 Å². The number of benzene rings is 1. The normalized spacial score (nSPS) is 19.6. The van der Waals surface area contributed by atoms with E-state index in [9.17, 15) is 9.18 Å². The third-order valence-electron chi connectivity index (χ3n) is 6.39. The van der Waals surface area contributed by atoms with Crippen molar-refractivity contribution < 1.29 is 9.18 Å². The molecule has 1 N–H and O–H groups in total. The number of hydrogen-bond acceptors (Lipinski definition) is 4. The fourth-order valence-corrected chi connectivity index (χ4v) is 4.82. The molecule has 3 heterocycles. The van der Waals surface area contributed by atoms with Crippen LogP contribution in [0.1, 0.15) is 60.6 Å². The number of nitrogens with one attached hydrogen (secondary N) is 1. The lowest BCUT2D eigenvalue weighted by atomic mass is 10.0. The average molecular weight is 407 g/mol. The third-order valence-corrected chi connectivity index (χ3v) is 6.39. The zero-order valence-corrected chi connectivity index (χ0v) is 16.9. The Balaban J connectivity index is 1.40. The number of imidazole rings is 1. The molecule has 2 fully saturated rings. The molecule has 1 saturated heterocycles. The van der Waals surface area contributed by atoms with Gasteiger partial charge in [0.1, 0.15) is 11.6 Å². The van der Waals surface area contributed by atoms with E-state index in [0.717, 1.165) is 30.8 Å². The van der Waals surface area contributed by atoms with Gasteiger partial charge < -0.3 is 10.2 Å². The first-order valence-electron chi connectivity index (χ1n) is 10.8. The van der Waals surface area contributed by atoms with Crippen LogP contribution >= 0.6 is 0 Å². The molecular formula is C23H26FN5O. The van der Waals surface area contributed by atoms with Crippen molar-refractivity contribution in [2.24, 2.45) is 5.92 Å². The number of rotatable bonds is 5. The lowest BCUT2D eigenvalue weighted by Crippen LogP contribution is -2.30. The molecule has 1 aromatic carbocycles. The number of carbonyl (C=O) groups is 1. The monoisotopic (exact) mass is 407 g/mol. The fraction of sp³-hybridized carbons (Fsp3) is 0.435. The Bertz CT molecular complexity index is 1060. The molecule has 0 bridgehead atoms. The van der Waals surface area contributed by atoms with Crippen LogP contribution in [0.5, 0.6) is 0 Å². The SMILES string of the molecule is O=C(NCC1CCCC1)c1cnc2ccc(N3CCCC3c3cccc(F)c3)nn12. The number of hydrogen-bond donors (Lipinski definition) is 1. The van der Waals surface area contributed by atoms with Crippen LogP contribution in [0.2, 0.25) is 0 Å². The van der Waals surface area contributed by atoms with Gasteiger partial charge in [-0.2, -0.15) is 0 Å². The summed E-state index contributed by atoms with van der Waals surface area (Å²) in [5, 5.41) is 7.80. The van der Waals surface area contributed by atoms with Crippen LogP contribution in [0.3, 0.4) is 0 Å². The smallest absolute Gasteiger partial charge is 0.271 e. The summed E-state index contributed by atoms with van der Waals surface area (Å²) < 4.78 is 15.4. The first-order valence-corrected chi connectivity index (χ1v) is 10.8. The summed E-state index contributed by atoms with van der Waals surface area (Å²) in [5.41, 5.74) is 2.05. The second-order valence-corrected chi connectivity index (χ2v) is 8.37. The van der Waals surface area contributed by atoms with Crippen molar-refractivity contribution in [3.05, 3.63) is 59.7 Å². The Hall–Kier alpha value is -2.96. The lowest BCUT2D eigenvalue weighted by Gasteiger charge is -2.26. The summed E-state index contributed by atoms with van der Waals surface area (Å²) in [6.45, 7) is 1.55. The first-order chi connectivity index (χ1) is 14.7. The highest BCUT2D eigenvalue weighted by atomic mass is 19.1. The predicted molar refractivity (Wildman–Crippen MR) is 113 cm³/mol. The van der Waals surface area contributed by atoms with E-state index in [1.165, 1.54) is 31.7 Å². The van der Waals surface area contributed by atoms with Crippen LogP contribution in [-0.4, -0.2) is 33.6 Å². The van der Waals surface area contributed by atoms with Gasteiger partial charge in [0, 0.05) is 13.1 Å². The third kappa shape index (κ3) is 3.64. The molecule has 1 amide bonds. The minimum atomic E-state index is -0.224. The van der Waals surface area contributed by atoms with Gasteiger partial charge in [-0.15, -0.1) is 5.10 Å². The minimum Gasteiger partial charge on any atom is -0.350 e. The van der Waals surface area contributed by atoms with Crippen molar-refractivity contribution in [1.82, 2.24) is 19.9 Å². The molecule has 30 heavy (non-hydrogen) atoms. The summed E-state index contributed by atoms with van der Waals surface area (Å²) in [6.07, 6.45) is 8.43. The molecule has 6 nitrogen and oxygen atoms in total. The van der Waals surface area contributed by atoms with Crippen LogP contribution in [0.4, 0.5) is 10.2 Å². The maximum Gasteiger partial charge on any atom is 0.271 e. The Morgan fingerprint density at radius 2 is 2.00 bits per heavy atom. The lowest BCUT2D eigenvalue weighted by molar-refractivity contribution is 0.0940. The number of carbonyl (C=O) groups excluding carboxylic acids is 1. The summed E-state index contributed by atoms with van der Waals surface area (Å²) >= 11 is 0. The van der Waals surface area contributed by atoms with E-state index >= 15 is 0 Å². The zero-order chi connectivity index (χ0) is 20.5. The van der Waals surface area contributed by atoms with E-state index < -0.39 is 0 Å². The van der Waals surface area contributed by atoms with Crippen molar-refractivity contribution in [3.8, 4) is 0 Å². The summed E-state index contributed by atoms with van der Waals surface area (Å²) in [7, 11) is 0. The molecule has 1 aliphatic heterocycles. The first kappa shape index (κ1) is 19.0. The van der Waals surface area contributed by atoms with Gasteiger partial charge in [0.2, 0.25) is 0 Å². The summed E-state index contributed by atoms with van der Waals surface area (Å²) in [6, 6.07) is 10.7. The van der Waals surface area contributed by atoms with Gasteiger partial charge in [0.15, 0.2) is 11.3 Å². The quantitative estimate of drug-likeness (QED) is 0.691.